The van der Waals surface area contributed by atoms with Gasteiger partial charge in [0.05, 0.1) is 11.4 Å². The van der Waals surface area contributed by atoms with Gasteiger partial charge in [0.15, 0.2) is 0 Å². The zero-order valence-electron chi connectivity index (χ0n) is 20.0. The number of rotatable bonds is 5. The van der Waals surface area contributed by atoms with Crippen LogP contribution in [0.5, 0.6) is 5.88 Å². The number of hydrogen-bond acceptors (Lipinski definition) is 5. The monoisotopic (exact) mass is 518 g/mol. The molecule has 2 aromatic carbocycles. The molecule has 2 aromatic heterocycles. The normalized spacial score (nSPS) is 11.5. The Morgan fingerprint density at radius 1 is 1.00 bits per heavy atom. The summed E-state index contributed by atoms with van der Waals surface area (Å²) in [6.07, 6.45) is 1.77. The predicted octanol–water partition coefficient (Wildman–Crippen LogP) is 5.95. The van der Waals surface area contributed by atoms with E-state index in [1.165, 1.54) is 0 Å². The summed E-state index contributed by atoms with van der Waals surface area (Å²) in [7, 11) is 0. The minimum Gasteiger partial charge on any atom is -0.472 e. The van der Waals surface area contributed by atoms with Crippen LogP contribution in [-0.4, -0.2) is 19.5 Å². The van der Waals surface area contributed by atoms with Crippen molar-refractivity contribution in [3.05, 3.63) is 98.4 Å². The molecule has 0 aliphatic carbocycles. The molecule has 0 N–H and O–H groups in total. The van der Waals surface area contributed by atoms with Gasteiger partial charge in [0.25, 0.3) is 5.56 Å². The fourth-order valence-electron chi connectivity index (χ4n) is 3.62. The van der Waals surface area contributed by atoms with Crippen LogP contribution in [0.4, 0.5) is 0 Å². The molecule has 7 heteroatoms. The van der Waals surface area contributed by atoms with Gasteiger partial charge in [-0.1, -0.05) is 62.7 Å². The van der Waals surface area contributed by atoms with E-state index in [-0.39, 0.29) is 21.3 Å². The molecule has 6 nitrogen and oxygen atoms in total. The molecule has 4 rings (SSSR count). The van der Waals surface area contributed by atoms with Crippen molar-refractivity contribution < 1.29 is 4.74 Å². The Labute approximate surface area is 207 Å². The van der Waals surface area contributed by atoms with Gasteiger partial charge in [0, 0.05) is 17.2 Å². The van der Waals surface area contributed by atoms with Crippen molar-refractivity contribution in [1.82, 2.24) is 19.5 Å². The van der Waals surface area contributed by atoms with Gasteiger partial charge >= 0.3 is 0 Å². The molecule has 0 amide bonds. The van der Waals surface area contributed by atoms with Crippen LogP contribution in [0.2, 0.25) is 0 Å². The van der Waals surface area contributed by atoms with Crippen molar-refractivity contribution in [2.24, 2.45) is 0 Å². The highest BCUT2D eigenvalue weighted by molar-refractivity contribution is 9.10. The van der Waals surface area contributed by atoms with Crippen LogP contribution < -0.4 is 10.3 Å². The van der Waals surface area contributed by atoms with Crippen molar-refractivity contribution in [2.75, 3.05) is 0 Å². The zero-order chi connectivity index (χ0) is 24.5. The maximum Gasteiger partial charge on any atom is 0.276 e. The van der Waals surface area contributed by atoms with E-state index < -0.39 is 0 Å². The number of aromatic nitrogens is 4. The lowest BCUT2D eigenvalue weighted by Crippen LogP contribution is -2.23. The SMILES string of the molecule is Cc1cccc(COc2nc(C)n(-c3cccc(-c4ccnc(C(C)(C)C)n4)c3)c(=O)c2Br)c1. The summed E-state index contributed by atoms with van der Waals surface area (Å²) in [6, 6.07) is 17.6. The van der Waals surface area contributed by atoms with Gasteiger partial charge in [-0.25, -0.2) is 9.97 Å². The largest absolute Gasteiger partial charge is 0.472 e. The van der Waals surface area contributed by atoms with Gasteiger partial charge in [-0.2, -0.15) is 4.98 Å². The molecule has 0 saturated carbocycles. The Morgan fingerprint density at radius 2 is 1.76 bits per heavy atom. The van der Waals surface area contributed by atoms with E-state index in [0.717, 1.165) is 28.2 Å². The third-order valence-electron chi connectivity index (χ3n) is 5.35. The third kappa shape index (κ3) is 5.09. The maximum atomic E-state index is 13.3. The first-order valence-corrected chi connectivity index (χ1v) is 11.8. The van der Waals surface area contributed by atoms with Crippen LogP contribution in [0, 0.1) is 13.8 Å². The fourth-order valence-corrected chi connectivity index (χ4v) is 4.00. The first-order valence-electron chi connectivity index (χ1n) is 11.1. The first-order chi connectivity index (χ1) is 16.1. The maximum absolute atomic E-state index is 13.3. The van der Waals surface area contributed by atoms with Crippen LogP contribution >= 0.6 is 15.9 Å². The number of nitrogens with zero attached hydrogens (tertiary/aromatic N) is 4. The molecule has 0 spiro atoms. The Morgan fingerprint density at radius 3 is 2.50 bits per heavy atom. The highest BCUT2D eigenvalue weighted by Gasteiger charge is 2.19. The number of ether oxygens (including phenoxy) is 1. The lowest BCUT2D eigenvalue weighted by Gasteiger charge is -2.17. The quantitative estimate of drug-likeness (QED) is 0.326. The lowest BCUT2D eigenvalue weighted by atomic mass is 9.95. The highest BCUT2D eigenvalue weighted by atomic mass is 79.9. The third-order valence-corrected chi connectivity index (χ3v) is 6.03. The van der Waals surface area contributed by atoms with E-state index in [9.17, 15) is 4.79 Å². The first kappa shape index (κ1) is 23.8. The fraction of sp³-hybridized carbons (Fsp3) is 0.259. The molecule has 0 atom stereocenters. The molecule has 0 aliphatic heterocycles. The summed E-state index contributed by atoms with van der Waals surface area (Å²) in [4.78, 5) is 27.0. The zero-order valence-corrected chi connectivity index (χ0v) is 21.5. The van der Waals surface area contributed by atoms with E-state index in [1.54, 1.807) is 17.7 Å². The molecule has 0 unspecified atom stereocenters. The Hall–Kier alpha value is -3.32. The summed E-state index contributed by atoms with van der Waals surface area (Å²) in [5.41, 5.74) is 4.17. The molecule has 2 heterocycles. The van der Waals surface area contributed by atoms with E-state index in [1.807, 2.05) is 61.5 Å². The molecule has 0 saturated heterocycles. The second-order valence-corrected chi connectivity index (χ2v) is 10.1. The van der Waals surface area contributed by atoms with Gasteiger partial charge < -0.3 is 4.74 Å². The van der Waals surface area contributed by atoms with Crippen LogP contribution in [0.25, 0.3) is 16.9 Å². The van der Waals surface area contributed by atoms with Gasteiger partial charge in [0.1, 0.15) is 22.7 Å². The van der Waals surface area contributed by atoms with E-state index in [0.29, 0.717) is 18.1 Å². The van der Waals surface area contributed by atoms with Gasteiger partial charge in [-0.05, 0) is 53.5 Å². The number of benzene rings is 2. The minimum atomic E-state index is -0.234. The number of aryl methyl sites for hydroxylation is 2. The van der Waals surface area contributed by atoms with Crippen LogP contribution in [-0.2, 0) is 12.0 Å². The standard InChI is InChI=1S/C27H27BrN4O2/c1-17-8-6-9-19(14-17)16-34-24-23(28)25(33)32(18(2)30-24)21-11-7-10-20(15-21)22-12-13-29-26(31-22)27(3,4)5/h6-15H,16H2,1-5H3. The minimum absolute atomic E-state index is 0.162. The topological polar surface area (TPSA) is 69.9 Å². The Kier molecular flexibility index (Phi) is 6.66. The molecule has 0 fully saturated rings. The summed E-state index contributed by atoms with van der Waals surface area (Å²) in [6.45, 7) is 10.4. The summed E-state index contributed by atoms with van der Waals surface area (Å²) in [5.74, 6) is 1.58. The second-order valence-electron chi connectivity index (χ2n) is 9.26. The number of hydrogen-bond donors (Lipinski definition) is 0. The average Bonchev–Trinajstić information content (AvgIpc) is 2.80. The molecule has 34 heavy (non-hydrogen) atoms. The van der Waals surface area contributed by atoms with Crippen molar-refractivity contribution in [2.45, 2.75) is 46.6 Å². The number of halogens is 1. The highest BCUT2D eigenvalue weighted by Crippen LogP contribution is 2.26. The molecule has 0 bridgehead atoms. The van der Waals surface area contributed by atoms with Crippen molar-refractivity contribution in [3.63, 3.8) is 0 Å². The van der Waals surface area contributed by atoms with E-state index in [2.05, 4.69) is 46.7 Å². The smallest absolute Gasteiger partial charge is 0.276 e. The molecular formula is C27H27BrN4O2. The Balaban J connectivity index is 1.68. The average molecular weight is 519 g/mol. The van der Waals surface area contributed by atoms with Gasteiger partial charge in [-0.15, -0.1) is 0 Å². The van der Waals surface area contributed by atoms with Crippen molar-refractivity contribution in [1.29, 1.82) is 0 Å². The molecule has 174 valence electrons. The van der Waals surface area contributed by atoms with E-state index in [4.69, 9.17) is 9.72 Å². The summed E-state index contributed by atoms with van der Waals surface area (Å²) >= 11 is 3.40. The van der Waals surface area contributed by atoms with Crippen LogP contribution in [0.1, 0.15) is 43.5 Å². The summed E-state index contributed by atoms with van der Waals surface area (Å²) in [5, 5.41) is 0. The van der Waals surface area contributed by atoms with E-state index >= 15 is 0 Å². The van der Waals surface area contributed by atoms with Gasteiger partial charge in [-0.3, -0.25) is 9.36 Å². The van der Waals surface area contributed by atoms with Crippen molar-refractivity contribution >= 4 is 15.9 Å². The molecule has 0 radical (unpaired) electrons. The molecule has 0 aliphatic rings. The summed E-state index contributed by atoms with van der Waals surface area (Å²) < 4.78 is 7.73. The van der Waals surface area contributed by atoms with Crippen molar-refractivity contribution in [3.8, 4) is 22.8 Å². The molecular weight excluding hydrogens is 492 g/mol. The molecule has 4 aromatic rings. The Bertz CT molecular complexity index is 1410. The lowest BCUT2D eigenvalue weighted by molar-refractivity contribution is 0.289. The van der Waals surface area contributed by atoms with Crippen LogP contribution in [0.3, 0.4) is 0 Å². The second kappa shape index (κ2) is 9.50. The van der Waals surface area contributed by atoms with Gasteiger partial charge in [0.2, 0.25) is 5.88 Å². The predicted molar refractivity (Wildman–Crippen MR) is 138 cm³/mol. The van der Waals surface area contributed by atoms with Crippen LogP contribution in [0.15, 0.2) is 70.1 Å².